The molecule has 2 fully saturated rings. The normalized spacial score (nSPS) is 18.2. The smallest absolute Gasteiger partial charge is 0.249 e. The van der Waals surface area contributed by atoms with Gasteiger partial charge in [-0.1, -0.05) is 18.5 Å². The molecule has 6 heterocycles. The van der Waals surface area contributed by atoms with E-state index in [-0.39, 0.29) is 12.0 Å². The molecule has 1 amide bonds. The Balaban J connectivity index is 1.23. The van der Waals surface area contributed by atoms with Gasteiger partial charge < -0.3 is 19.9 Å². The zero-order chi connectivity index (χ0) is 24.6. The number of carbonyl (C=O) groups excluding carboxylic acids is 1. The van der Waals surface area contributed by atoms with E-state index < -0.39 is 0 Å². The number of hydrogen-bond donors (Lipinski definition) is 2. The Morgan fingerprint density at radius 2 is 2.14 bits per heavy atom. The molecule has 1 unspecified atom stereocenters. The zero-order valence-corrected chi connectivity index (χ0v) is 21.3. The molecule has 0 radical (unpaired) electrons. The number of ether oxygens (including phenoxy) is 1. The Hall–Kier alpha value is -3.02. The summed E-state index contributed by atoms with van der Waals surface area (Å²) in [7, 11) is 0. The molecule has 2 N–H and O–H groups in total. The number of aryl methyl sites for hydroxylation is 1. The highest BCUT2D eigenvalue weighted by atomic mass is 35.5. The molecule has 186 valence electrons. The summed E-state index contributed by atoms with van der Waals surface area (Å²) in [4.78, 5) is 41.3. The number of nitrogens with zero attached hydrogens (tertiary/aromatic N) is 6. The number of rotatable bonds is 7. The van der Waals surface area contributed by atoms with Crippen LogP contribution in [0.1, 0.15) is 25.5 Å². The van der Waals surface area contributed by atoms with E-state index >= 15 is 0 Å². The minimum Gasteiger partial charge on any atom is -0.368 e. The van der Waals surface area contributed by atoms with E-state index in [0.717, 1.165) is 59.7 Å². The number of amides is 1. The van der Waals surface area contributed by atoms with Crippen LogP contribution in [0.25, 0.3) is 22.2 Å². The number of fused-ring (bicyclic) bond motifs is 2. The number of H-pyrrole nitrogens is 1. The summed E-state index contributed by atoms with van der Waals surface area (Å²) in [6, 6.07) is 1.93. The molecule has 36 heavy (non-hydrogen) atoms. The standard InChI is InChI=1S/C24H25ClN8O2S/c1-2-15-19(25)18-21(30-15)31-24(36-14-8-16-20(28-10-14)27-6-5-26-16)32-22(18)33-11-13(12-33)9-29-23(34)17-4-3-7-35-17/h5-6,8,10,13,17H,2-4,7,9,11-12H2,1H3,(H,29,34)(H,30,31,32). The van der Waals surface area contributed by atoms with E-state index in [4.69, 9.17) is 26.3 Å². The zero-order valence-electron chi connectivity index (χ0n) is 19.7. The van der Waals surface area contributed by atoms with Crippen molar-refractivity contribution in [3.8, 4) is 0 Å². The van der Waals surface area contributed by atoms with E-state index in [1.807, 2.05) is 6.07 Å². The van der Waals surface area contributed by atoms with Crippen LogP contribution >= 0.6 is 23.4 Å². The SMILES string of the molecule is CCc1[nH]c2nc(Sc3cnc4nccnc4c3)nc(N3CC(CNC(=O)C4CCCO4)C3)c2c1Cl. The molecule has 0 spiro atoms. The van der Waals surface area contributed by atoms with E-state index in [2.05, 4.69) is 37.1 Å². The van der Waals surface area contributed by atoms with Gasteiger partial charge in [0, 0.05) is 61.3 Å². The molecule has 0 aromatic carbocycles. The van der Waals surface area contributed by atoms with Gasteiger partial charge in [-0.2, -0.15) is 0 Å². The lowest BCUT2D eigenvalue weighted by Crippen LogP contribution is -2.52. The summed E-state index contributed by atoms with van der Waals surface area (Å²) in [6.07, 6.45) is 7.23. The van der Waals surface area contributed by atoms with Crippen LogP contribution in [0.15, 0.2) is 34.7 Å². The number of nitrogens with one attached hydrogen (secondary N) is 2. The van der Waals surface area contributed by atoms with Crippen LogP contribution in [0.3, 0.4) is 0 Å². The van der Waals surface area contributed by atoms with Crippen LogP contribution in [-0.2, 0) is 16.0 Å². The quantitative estimate of drug-likeness (QED) is 0.350. The largest absolute Gasteiger partial charge is 0.368 e. The lowest BCUT2D eigenvalue weighted by atomic mass is 9.99. The number of halogens is 1. The van der Waals surface area contributed by atoms with Crippen molar-refractivity contribution in [2.45, 2.75) is 42.3 Å². The van der Waals surface area contributed by atoms with E-state index in [9.17, 15) is 4.79 Å². The van der Waals surface area contributed by atoms with Crippen molar-refractivity contribution in [3.63, 3.8) is 0 Å². The maximum atomic E-state index is 12.3. The highest BCUT2D eigenvalue weighted by Gasteiger charge is 2.32. The topological polar surface area (TPSA) is 122 Å². The molecule has 4 aromatic rings. The molecule has 12 heteroatoms. The Kier molecular flexibility index (Phi) is 6.36. The average molecular weight is 525 g/mol. The maximum Gasteiger partial charge on any atom is 0.249 e. The van der Waals surface area contributed by atoms with Crippen LogP contribution in [0, 0.1) is 5.92 Å². The summed E-state index contributed by atoms with van der Waals surface area (Å²) in [5.74, 6) is 1.13. The van der Waals surface area contributed by atoms with Gasteiger partial charge in [0.25, 0.3) is 0 Å². The number of anilines is 1. The number of pyridine rings is 1. The van der Waals surface area contributed by atoms with Gasteiger partial charge in [0.15, 0.2) is 10.8 Å². The van der Waals surface area contributed by atoms with Gasteiger partial charge in [0.05, 0.1) is 10.4 Å². The fourth-order valence-electron chi connectivity index (χ4n) is 4.60. The van der Waals surface area contributed by atoms with Crippen molar-refractivity contribution in [1.29, 1.82) is 0 Å². The summed E-state index contributed by atoms with van der Waals surface area (Å²) in [5.41, 5.74) is 2.97. The van der Waals surface area contributed by atoms with Gasteiger partial charge in [-0.05, 0) is 37.1 Å². The molecular weight excluding hydrogens is 500 g/mol. The van der Waals surface area contributed by atoms with Gasteiger partial charge in [0.2, 0.25) is 5.91 Å². The van der Waals surface area contributed by atoms with Crippen molar-refractivity contribution in [1.82, 2.24) is 35.2 Å². The first-order valence-corrected chi connectivity index (χ1v) is 13.3. The van der Waals surface area contributed by atoms with Crippen LogP contribution in [0.2, 0.25) is 5.02 Å². The molecule has 2 saturated heterocycles. The van der Waals surface area contributed by atoms with Gasteiger partial charge in [-0.25, -0.2) is 19.9 Å². The second-order valence-electron chi connectivity index (χ2n) is 9.01. The first-order chi connectivity index (χ1) is 17.6. The molecular formula is C24H25ClN8O2S. The number of aromatic amines is 1. The fourth-order valence-corrected chi connectivity index (χ4v) is 5.71. The van der Waals surface area contributed by atoms with Crippen molar-refractivity contribution >= 4 is 57.3 Å². The summed E-state index contributed by atoms with van der Waals surface area (Å²) < 4.78 is 5.48. The number of hydrogen-bond acceptors (Lipinski definition) is 9. The van der Waals surface area contributed by atoms with Gasteiger partial charge in [-0.3, -0.25) is 9.78 Å². The third-order valence-corrected chi connectivity index (χ3v) is 7.77. The summed E-state index contributed by atoms with van der Waals surface area (Å²) in [6.45, 7) is 4.89. The lowest BCUT2D eigenvalue weighted by Gasteiger charge is -2.40. The average Bonchev–Trinajstić information content (AvgIpc) is 3.51. The van der Waals surface area contributed by atoms with Crippen molar-refractivity contribution in [2.75, 3.05) is 31.1 Å². The molecule has 10 nitrogen and oxygen atoms in total. The molecule has 0 aliphatic carbocycles. The minimum atomic E-state index is -0.302. The van der Waals surface area contributed by atoms with Crippen molar-refractivity contribution in [3.05, 3.63) is 35.4 Å². The second-order valence-corrected chi connectivity index (χ2v) is 10.4. The Labute approximate surface area is 216 Å². The van der Waals surface area contributed by atoms with Gasteiger partial charge >= 0.3 is 0 Å². The third kappa shape index (κ3) is 4.46. The van der Waals surface area contributed by atoms with Crippen LogP contribution < -0.4 is 10.2 Å². The Bertz CT molecular complexity index is 1430. The monoisotopic (exact) mass is 524 g/mol. The second kappa shape index (κ2) is 9.79. The van der Waals surface area contributed by atoms with Gasteiger partial charge in [-0.15, -0.1) is 0 Å². The molecule has 4 aromatic heterocycles. The molecule has 2 aliphatic heterocycles. The van der Waals surface area contributed by atoms with E-state index in [0.29, 0.717) is 40.5 Å². The van der Waals surface area contributed by atoms with E-state index in [1.165, 1.54) is 11.8 Å². The predicted molar refractivity (Wildman–Crippen MR) is 137 cm³/mol. The minimum absolute atomic E-state index is 0.0102. The van der Waals surface area contributed by atoms with Crippen LogP contribution in [0.5, 0.6) is 0 Å². The molecule has 0 bridgehead atoms. The number of aromatic nitrogens is 6. The number of carbonyl (C=O) groups is 1. The summed E-state index contributed by atoms with van der Waals surface area (Å²) in [5, 5.41) is 5.14. The Morgan fingerprint density at radius 3 is 2.94 bits per heavy atom. The third-order valence-electron chi connectivity index (χ3n) is 6.53. The van der Waals surface area contributed by atoms with Crippen LogP contribution in [-0.4, -0.2) is 68.2 Å². The van der Waals surface area contributed by atoms with Crippen molar-refractivity contribution < 1.29 is 9.53 Å². The highest BCUT2D eigenvalue weighted by molar-refractivity contribution is 7.99. The van der Waals surface area contributed by atoms with E-state index in [1.54, 1.807) is 18.6 Å². The van der Waals surface area contributed by atoms with Crippen LogP contribution in [0.4, 0.5) is 5.82 Å². The molecule has 0 saturated carbocycles. The Morgan fingerprint density at radius 1 is 1.28 bits per heavy atom. The van der Waals surface area contributed by atoms with Gasteiger partial charge in [0.1, 0.15) is 23.1 Å². The molecule has 6 rings (SSSR count). The summed E-state index contributed by atoms with van der Waals surface area (Å²) >= 11 is 8.16. The molecule has 2 aliphatic rings. The van der Waals surface area contributed by atoms with Crippen molar-refractivity contribution in [2.24, 2.45) is 5.92 Å². The first-order valence-electron chi connectivity index (χ1n) is 12.1. The fraction of sp³-hybridized carbons (Fsp3) is 0.417. The first kappa shape index (κ1) is 23.4. The predicted octanol–water partition coefficient (Wildman–Crippen LogP) is 3.39. The molecule has 1 atom stereocenters. The maximum absolute atomic E-state index is 12.3. The lowest BCUT2D eigenvalue weighted by molar-refractivity contribution is -0.130. The highest BCUT2D eigenvalue weighted by Crippen LogP contribution is 2.38.